The van der Waals surface area contributed by atoms with Gasteiger partial charge in [-0.05, 0) is 35.9 Å². The number of benzene rings is 3. The van der Waals surface area contributed by atoms with Gasteiger partial charge in [0.25, 0.3) is 0 Å². The Balaban J connectivity index is 1.34. The summed E-state index contributed by atoms with van der Waals surface area (Å²) in [6.07, 6.45) is 19.4. The maximum absolute atomic E-state index is 3.71. The lowest BCUT2D eigenvalue weighted by Crippen LogP contribution is -1.97. The van der Waals surface area contributed by atoms with Crippen molar-refractivity contribution in [3.8, 4) is 0 Å². The minimum Gasteiger partial charge on any atom is -0.355 e. The molecule has 0 aliphatic heterocycles. The molecule has 1 nitrogen and oxygen atoms in total. The van der Waals surface area contributed by atoms with E-state index in [4.69, 9.17) is 0 Å². The van der Waals surface area contributed by atoms with Crippen LogP contribution in [0.3, 0.4) is 0 Å². The highest BCUT2D eigenvalue weighted by molar-refractivity contribution is 5.95. The van der Waals surface area contributed by atoms with E-state index in [-0.39, 0.29) is 0 Å². The highest BCUT2D eigenvalue weighted by Gasteiger charge is 2.05. The lowest BCUT2D eigenvalue weighted by atomic mass is 10.0. The second-order valence-corrected chi connectivity index (χ2v) is 9.30. The Bertz CT molecular complexity index is 892. The van der Waals surface area contributed by atoms with E-state index in [1.807, 2.05) is 0 Å². The first-order chi connectivity index (χ1) is 15.9. The molecule has 3 rings (SSSR count). The van der Waals surface area contributed by atoms with Crippen LogP contribution in [0.15, 0.2) is 66.7 Å². The summed E-state index contributed by atoms with van der Waals surface area (Å²) < 4.78 is 0. The molecule has 1 N–H and O–H groups in total. The number of hydrogen-bond acceptors (Lipinski definition) is 1. The Morgan fingerprint density at radius 3 is 1.75 bits per heavy atom. The average molecular weight is 430 g/mol. The van der Waals surface area contributed by atoms with E-state index >= 15 is 0 Å². The van der Waals surface area contributed by atoms with E-state index < -0.39 is 0 Å². The Morgan fingerprint density at radius 1 is 0.500 bits per heavy atom. The van der Waals surface area contributed by atoms with Crippen molar-refractivity contribution in [2.75, 3.05) is 5.32 Å². The SMILES string of the molecule is CCCCCCCCCCCCCCCc1ccccc1Nc1cccc2ccccc12. The van der Waals surface area contributed by atoms with Crippen molar-refractivity contribution in [1.82, 2.24) is 0 Å². The first-order valence-corrected chi connectivity index (χ1v) is 13.2. The molecule has 0 unspecified atom stereocenters. The average Bonchev–Trinajstić information content (AvgIpc) is 2.83. The van der Waals surface area contributed by atoms with Crippen molar-refractivity contribution in [3.63, 3.8) is 0 Å². The van der Waals surface area contributed by atoms with Gasteiger partial charge < -0.3 is 5.32 Å². The van der Waals surface area contributed by atoms with Crippen LogP contribution in [0.1, 0.15) is 96.0 Å². The van der Waals surface area contributed by atoms with Crippen molar-refractivity contribution in [2.24, 2.45) is 0 Å². The van der Waals surface area contributed by atoms with Gasteiger partial charge in [-0.15, -0.1) is 0 Å². The lowest BCUT2D eigenvalue weighted by molar-refractivity contribution is 0.539. The third-order valence-electron chi connectivity index (χ3n) is 6.63. The third-order valence-corrected chi connectivity index (χ3v) is 6.63. The van der Waals surface area contributed by atoms with Gasteiger partial charge in [-0.3, -0.25) is 0 Å². The fraction of sp³-hybridized carbons (Fsp3) is 0.484. The van der Waals surface area contributed by atoms with E-state index in [1.54, 1.807) is 0 Å². The summed E-state index contributed by atoms with van der Waals surface area (Å²) in [6.45, 7) is 2.29. The van der Waals surface area contributed by atoms with Crippen LogP contribution in [-0.2, 0) is 6.42 Å². The predicted molar refractivity (Wildman–Crippen MR) is 143 cm³/mol. The molecule has 0 amide bonds. The quantitative estimate of drug-likeness (QED) is 0.223. The predicted octanol–water partition coefficient (Wildman–Crippen LogP) is 10.2. The first-order valence-electron chi connectivity index (χ1n) is 13.2. The van der Waals surface area contributed by atoms with Crippen LogP contribution < -0.4 is 5.32 Å². The third kappa shape index (κ3) is 8.34. The van der Waals surface area contributed by atoms with Gasteiger partial charge in [0.05, 0.1) is 0 Å². The topological polar surface area (TPSA) is 12.0 Å². The molecule has 0 radical (unpaired) electrons. The highest BCUT2D eigenvalue weighted by Crippen LogP contribution is 2.28. The Labute approximate surface area is 196 Å². The zero-order chi connectivity index (χ0) is 22.3. The van der Waals surface area contributed by atoms with Gasteiger partial charge in [-0.1, -0.05) is 139 Å². The number of rotatable bonds is 16. The summed E-state index contributed by atoms with van der Waals surface area (Å²) >= 11 is 0. The molecule has 0 spiro atoms. The van der Waals surface area contributed by atoms with Crippen molar-refractivity contribution in [1.29, 1.82) is 0 Å². The van der Waals surface area contributed by atoms with Crippen LogP contribution in [0.25, 0.3) is 10.8 Å². The van der Waals surface area contributed by atoms with Gasteiger partial charge >= 0.3 is 0 Å². The van der Waals surface area contributed by atoms with Crippen LogP contribution >= 0.6 is 0 Å². The van der Waals surface area contributed by atoms with Crippen LogP contribution in [0.4, 0.5) is 11.4 Å². The smallest absolute Gasteiger partial charge is 0.0463 e. The fourth-order valence-corrected chi connectivity index (χ4v) is 4.67. The van der Waals surface area contributed by atoms with Gasteiger partial charge in [0.2, 0.25) is 0 Å². The molecule has 0 aliphatic rings. The van der Waals surface area contributed by atoms with Crippen LogP contribution in [0, 0.1) is 0 Å². The maximum Gasteiger partial charge on any atom is 0.0463 e. The summed E-state index contributed by atoms with van der Waals surface area (Å²) in [7, 11) is 0. The molecule has 0 bridgehead atoms. The number of hydrogen-bond donors (Lipinski definition) is 1. The number of unbranched alkanes of at least 4 members (excludes halogenated alkanes) is 12. The van der Waals surface area contributed by atoms with Gasteiger partial charge in [-0.25, -0.2) is 0 Å². The first kappa shape index (κ1) is 24.4. The Kier molecular flexibility index (Phi) is 11.2. The van der Waals surface area contributed by atoms with Gasteiger partial charge in [0.15, 0.2) is 0 Å². The molecule has 0 saturated carbocycles. The molecule has 0 atom stereocenters. The number of anilines is 2. The van der Waals surface area contributed by atoms with E-state index in [1.165, 1.54) is 111 Å². The summed E-state index contributed by atoms with van der Waals surface area (Å²) in [5, 5.41) is 6.28. The van der Waals surface area contributed by atoms with Crippen LogP contribution in [-0.4, -0.2) is 0 Å². The molecule has 0 fully saturated rings. The number of fused-ring (bicyclic) bond motifs is 1. The minimum atomic E-state index is 1.16. The summed E-state index contributed by atoms with van der Waals surface area (Å²) in [4.78, 5) is 0. The monoisotopic (exact) mass is 429 g/mol. The van der Waals surface area contributed by atoms with Crippen molar-refractivity contribution < 1.29 is 0 Å². The maximum atomic E-state index is 3.71. The van der Waals surface area contributed by atoms with Crippen molar-refractivity contribution in [3.05, 3.63) is 72.3 Å². The van der Waals surface area contributed by atoms with Crippen LogP contribution in [0.5, 0.6) is 0 Å². The molecule has 32 heavy (non-hydrogen) atoms. The second-order valence-electron chi connectivity index (χ2n) is 9.30. The zero-order valence-corrected chi connectivity index (χ0v) is 20.3. The highest BCUT2D eigenvalue weighted by atomic mass is 14.9. The molecule has 0 heterocycles. The molecule has 0 aromatic heterocycles. The lowest BCUT2D eigenvalue weighted by Gasteiger charge is -2.14. The molecular formula is C31H43N. The Morgan fingerprint density at radius 2 is 1.03 bits per heavy atom. The zero-order valence-electron chi connectivity index (χ0n) is 20.3. The summed E-state index contributed by atoms with van der Waals surface area (Å²) in [5.74, 6) is 0. The number of para-hydroxylation sites is 1. The van der Waals surface area contributed by atoms with E-state index in [2.05, 4.69) is 79.0 Å². The largest absolute Gasteiger partial charge is 0.355 e. The standard InChI is InChI=1S/C31H43N/c1-2-3-4-5-6-7-8-9-10-11-12-13-14-21-28-22-16-18-25-30(28)32-31-26-19-23-27-20-15-17-24-29(27)31/h15-20,22-26,32H,2-14,21H2,1H3. The molecule has 3 aromatic carbocycles. The van der Waals surface area contributed by atoms with E-state index in [9.17, 15) is 0 Å². The normalized spacial score (nSPS) is 11.2. The molecule has 172 valence electrons. The van der Waals surface area contributed by atoms with Crippen molar-refractivity contribution in [2.45, 2.75) is 96.8 Å². The Hall–Kier alpha value is -2.28. The van der Waals surface area contributed by atoms with E-state index in [0.29, 0.717) is 0 Å². The number of nitrogens with one attached hydrogen (secondary N) is 1. The summed E-state index contributed by atoms with van der Waals surface area (Å²) in [5.41, 5.74) is 3.88. The molecular weight excluding hydrogens is 386 g/mol. The summed E-state index contributed by atoms with van der Waals surface area (Å²) in [6, 6.07) is 23.9. The fourth-order valence-electron chi connectivity index (χ4n) is 4.67. The molecule has 3 aromatic rings. The number of aryl methyl sites for hydroxylation is 1. The molecule has 0 aliphatic carbocycles. The van der Waals surface area contributed by atoms with Gasteiger partial charge in [0.1, 0.15) is 0 Å². The van der Waals surface area contributed by atoms with Crippen molar-refractivity contribution >= 4 is 22.1 Å². The molecule has 1 heteroatoms. The minimum absolute atomic E-state index is 1.16. The van der Waals surface area contributed by atoms with Gasteiger partial charge in [0, 0.05) is 16.8 Å². The van der Waals surface area contributed by atoms with Gasteiger partial charge in [-0.2, -0.15) is 0 Å². The molecule has 0 saturated heterocycles. The second kappa shape index (κ2) is 14.7. The van der Waals surface area contributed by atoms with Crippen LogP contribution in [0.2, 0.25) is 0 Å². The van der Waals surface area contributed by atoms with E-state index in [0.717, 1.165) is 6.42 Å².